The van der Waals surface area contributed by atoms with E-state index >= 15 is 0 Å². The summed E-state index contributed by atoms with van der Waals surface area (Å²) in [7, 11) is 0. The average Bonchev–Trinajstić information content (AvgIpc) is 2.66. The van der Waals surface area contributed by atoms with Gasteiger partial charge in [-0.2, -0.15) is 0 Å². The number of anilines is 2. The van der Waals surface area contributed by atoms with E-state index in [1.54, 1.807) is 24.4 Å². The second kappa shape index (κ2) is 9.14. The van der Waals surface area contributed by atoms with Crippen molar-refractivity contribution in [2.75, 3.05) is 50.0 Å². The molecule has 3 rings (SSSR count). The zero-order chi connectivity index (χ0) is 18.4. The Hall–Kier alpha value is -1.93. The number of rotatable bonds is 6. The second-order valence-electron chi connectivity index (χ2n) is 5.75. The molecule has 1 aliphatic rings. The largest absolute Gasteiger partial charge is 0.379 e. The third-order valence-electron chi connectivity index (χ3n) is 3.90. The number of nitrogens with zero attached hydrogens (tertiary/aromatic N) is 3. The molecule has 1 aromatic heterocycles. The first kappa shape index (κ1) is 18.8. The number of morpholine rings is 1. The maximum atomic E-state index is 12.2. The minimum atomic E-state index is -0.365. The number of hydrogen-bond acceptors (Lipinski definition) is 6. The van der Waals surface area contributed by atoms with Gasteiger partial charge in [0, 0.05) is 31.9 Å². The van der Waals surface area contributed by atoms with E-state index in [9.17, 15) is 4.79 Å². The van der Waals surface area contributed by atoms with Gasteiger partial charge < -0.3 is 15.4 Å². The average molecular weight is 396 g/mol. The van der Waals surface area contributed by atoms with Gasteiger partial charge in [-0.3, -0.25) is 9.69 Å². The van der Waals surface area contributed by atoms with Crippen LogP contribution in [0, 0.1) is 0 Å². The van der Waals surface area contributed by atoms with Crippen molar-refractivity contribution in [3.8, 4) is 0 Å². The molecule has 0 aliphatic carbocycles. The summed E-state index contributed by atoms with van der Waals surface area (Å²) in [6.45, 7) is 5.11. The zero-order valence-corrected chi connectivity index (χ0v) is 15.6. The third kappa shape index (κ3) is 5.28. The van der Waals surface area contributed by atoms with E-state index in [4.69, 9.17) is 27.9 Å². The van der Waals surface area contributed by atoms with E-state index in [1.807, 2.05) is 0 Å². The summed E-state index contributed by atoms with van der Waals surface area (Å²) >= 11 is 11.8. The number of carbonyl (C=O) groups excluding carboxylic acids is 1. The van der Waals surface area contributed by atoms with Gasteiger partial charge in [-0.05, 0) is 18.2 Å². The number of hydrogen-bond donors (Lipinski definition) is 2. The van der Waals surface area contributed by atoms with Gasteiger partial charge in [0.15, 0.2) is 0 Å². The fourth-order valence-corrected chi connectivity index (χ4v) is 2.77. The molecule has 1 aromatic carbocycles. The van der Waals surface area contributed by atoms with Crippen molar-refractivity contribution >= 4 is 40.6 Å². The fourth-order valence-electron chi connectivity index (χ4n) is 2.47. The summed E-state index contributed by atoms with van der Waals surface area (Å²) in [6.07, 6.45) is 2.98. The van der Waals surface area contributed by atoms with E-state index in [0.29, 0.717) is 21.6 Å². The maximum absolute atomic E-state index is 12.2. The summed E-state index contributed by atoms with van der Waals surface area (Å²) in [5.41, 5.74) is 0.758. The van der Waals surface area contributed by atoms with Crippen LogP contribution in [0.3, 0.4) is 0 Å². The van der Waals surface area contributed by atoms with Crippen LogP contribution >= 0.6 is 23.2 Å². The van der Waals surface area contributed by atoms with Crippen molar-refractivity contribution in [3.63, 3.8) is 0 Å². The van der Waals surface area contributed by atoms with E-state index in [-0.39, 0.29) is 11.6 Å². The lowest BCUT2D eigenvalue weighted by molar-refractivity contribution is 0.0398. The molecule has 2 heterocycles. The van der Waals surface area contributed by atoms with Crippen molar-refractivity contribution in [2.24, 2.45) is 0 Å². The number of carbonyl (C=O) groups is 1. The molecule has 1 saturated heterocycles. The standard InChI is InChI=1S/C17H19Cl2N5O2/c18-13-2-1-12(9-14(13)19)23-17(25)15-10-22-16(11-21-15)20-3-4-24-5-7-26-8-6-24/h1-2,9-11H,3-8H2,(H,20,22)(H,23,25). The molecule has 1 amide bonds. The maximum Gasteiger partial charge on any atom is 0.275 e. The van der Waals surface area contributed by atoms with Crippen LogP contribution in [0.2, 0.25) is 10.0 Å². The van der Waals surface area contributed by atoms with Gasteiger partial charge in [0.1, 0.15) is 11.5 Å². The Kier molecular flexibility index (Phi) is 6.62. The van der Waals surface area contributed by atoms with Crippen LogP contribution in [0.15, 0.2) is 30.6 Å². The third-order valence-corrected chi connectivity index (χ3v) is 4.64. The molecule has 1 aliphatic heterocycles. The van der Waals surface area contributed by atoms with Gasteiger partial charge in [-0.25, -0.2) is 9.97 Å². The summed E-state index contributed by atoms with van der Waals surface area (Å²) in [5, 5.41) is 6.71. The number of amides is 1. The number of benzene rings is 1. The summed E-state index contributed by atoms with van der Waals surface area (Å²) in [4.78, 5) is 22.9. The number of halogens is 2. The van der Waals surface area contributed by atoms with Gasteiger partial charge in [0.05, 0.1) is 35.7 Å². The van der Waals surface area contributed by atoms with Gasteiger partial charge in [-0.15, -0.1) is 0 Å². The van der Waals surface area contributed by atoms with Crippen molar-refractivity contribution in [1.82, 2.24) is 14.9 Å². The topological polar surface area (TPSA) is 79.4 Å². The van der Waals surface area contributed by atoms with Crippen molar-refractivity contribution < 1.29 is 9.53 Å². The van der Waals surface area contributed by atoms with Gasteiger partial charge in [-0.1, -0.05) is 23.2 Å². The Bertz CT molecular complexity index is 751. The van der Waals surface area contributed by atoms with Crippen molar-refractivity contribution in [2.45, 2.75) is 0 Å². The SMILES string of the molecule is O=C(Nc1ccc(Cl)c(Cl)c1)c1cnc(NCCN2CCOCC2)cn1. The van der Waals surface area contributed by atoms with E-state index in [1.165, 1.54) is 6.20 Å². The Labute approximate surface area is 161 Å². The zero-order valence-electron chi connectivity index (χ0n) is 14.0. The Morgan fingerprint density at radius 2 is 1.96 bits per heavy atom. The molecule has 0 bridgehead atoms. The normalized spacial score (nSPS) is 14.8. The highest BCUT2D eigenvalue weighted by Gasteiger charge is 2.11. The fraction of sp³-hybridized carbons (Fsp3) is 0.353. The van der Waals surface area contributed by atoms with Gasteiger partial charge in [0.2, 0.25) is 0 Å². The summed E-state index contributed by atoms with van der Waals surface area (Å²) in [6, 6.07) is 4.87. The molecule has 0 unspecified atom stereocenters. The Morgan fingerprint density at radius 1 is 1.15 bits per heavy atom. The van der Waals surface area contributed by atoms with Crippen LogP contribution in [-0.2, 0) is 4.74 Å². The molecule has 7 nitrogen and oxygen atoms in total. The molecule has 1 fully saturated rings. The van der Waals surface area contributed by atoms with Crippen molar-refractivity contribution in [1.29, 1.82) is 0 Å². The molecule has 0 saturated carbocycles. The predicted molar refractivity (Wildman–Crippen MR) is 102 cm³/mol. The molecule has 2 aromatic rings. The summed E-state index contributed by atoms with van der Waals surface area (Å²) < 4.78 is 5.32. The quantitative estimate of drug-likeness (QED) is 0.782. The molecule has 0 spiro atoms. The molecule has 2 N–H and O–H groups in total. The predicted octanol–water partition coefficient (Wildman–Crippen LogP) is 2.78. The first-order chi connectivity index (χ1) is 12.6. The van der Waals surface area contributed by atoms with Crippen LogP contribution in [0.1, 0.15) is 10.5 Å². The highest BCUT2D eigenvalue weighted by atomic mass is 35.5. The Morgan fingerprint density at radius 3 is 2.65 bits per heavy atom. The van der Waals surface area contributed by atoms with Crippen LogP contribution in [0.25, 0.3) is 0 Å². The summed E-state index contributed by atoms with van der Waals surface area (Å²) in [5.74, 6) is 0.264. The number of aromatic nitrogens is 2. The first-order valence-electron chi connectivity index (χ1n) is 8.24. The van der Waals surface area contributed by atoms with E-state index in [2.05, 4.69) is 25.5 Å². The van der Waals surface area contributed by atoms with E-state index < -0.39 is 0 Å². The minimum absolute atomic E-state index is 0.217. The second-order valence-corrected chi connectivity index (χ2v) is 6.57. The first-order valence-corrected chi connectivity index (χ1v) is 9.00. The Balaban J connectivity index is 1.49. The lowest BCUT2D eigenvalue weighted by atomic mass is 10.3. The highest BCUT2D eigenvalue weighted by Crippen LogP contribution is 2.25. The van der Waals surface area contributed by atoms with Gasteiger partial charge in [0.25, 0.3) is 5.91 Å². The van der Waals surface area contributed by atoms with Crippen LogP contribution < -0.4 is 10.6 Å². The molecule has 26 heavy (non-hydrogen) atoms. The van der Waals surface area contributed by atoms with E-state index in [0.717, 1.165) is 39.4 Å². The van der Waals surface area contributed by atoms with Gasteiger partial charge >= 0.3 is 0 Å². The monoisotopic (exact) mass is 395 g/mol. The number of nitrogens with one attached hydrogen (secondary N) is 2. The smallest absolute Gasteiger partial charge is 0.275 e. The molecule has 0 radical (unpaired) electrons. The molecule has 0 atom stereocenters. The van der Waals surface area contributed by atoms with Crippen molar-refractivity contribution in [3.05, 3.63) is 46.3 Å². The van der Waals surface area contributed by atoms with Crippen LogP contribution in [-0.4, -0.2) is 60.2 Å². The molecule has 138 valence electrons. The molecular formula is C17H19Cl2N5O2. The highest BCUT2D eigenvalue weighted by molar-refractivity contribution is 6.42. The van der Waals surface area contributed by atoms with Crippen LogP contribution in [0.4, 0.5) is 11.5 Å². The minimum Gasteiger partial charge on any atom is -0.379 e. The van der Waals surface area contributed by atoms with Crippen LogP contribution in [0.5, 0.6) is 0 Å². The molecular weight excluding hydrogens is 377 g/mol. The lowest BCUT2D eigenvalue weighted by Gasteiger charge is -2.26. The number of ether oxygens (including phenoxy) is 1. The lowest BCUT2D eigenvalue weighted by Crippen LogP contribution is -2.39. The molecule has 9 heteroatoms.